The average Bonchev–Trinajstić information content (AvgIpc) is 3.66. The number of H-pyrrole nitrogens is 1. The van der Waals surface area contributed by atoms with Gasteiger partial charge in [-0.1, -0.05) is 48.9 Å². The van der Waals surface area contributed by atoms with Crippen LogP contribution in [0.4, 0.5) is 23.7 Å². The fraction of sp³-hybridized carbons (Fsp3) is 0.605. The second kappa shape index (κ2) is 21.6. The van der Waals surface area contributed by atoms with E-state index in [0.29, 0.717) is 44.2 Å². The number of hydrogen-bond donors (Lipinski definition) is 2. The number of esters is 1. The van der Waals surface area contributed by atoms with Crippen LogP contribution in [0.5, 0.6) is 0 Å². The van der Waals surface area contributed by atoms with E-state index >= 15 is 0 Å². The van der Waals surface area contributed by atoms with Crippen molar-refractivity contribution in [3.63, 3.8) is 0 Å². The highest BCUT2D eigenvalue weighted by atomic mass is 35.5. The molecule has 0 bridgehead atoms. The number of carbonyl (C=O) groups is 3. The Kier molecular flexibility index (Phi) is 16.3. The van der Waals surface area contributed by atoms with Crippen molar-refractivity contribution in [2.45, 2.75) is 70.2 Å². The fourth-order valence-corrected chi connectivity index (χ4v) is 8.66. The number of nitrogen functional groups attached to an aromatic ring is 1. The molecule has 1 unspecified atom stereocenters. The van der Waals surface area contributed by atoms with Gasteiger partial charge in [-0.3, -0.25) is 24.4 Å². The summed E-state index contributed by atoms with van der Waals surface area (Å²) in [5.41, 5.74) is 4.31. The first-order chi connectivity index (χ1) is 29.7. The van der Waals surface area contributed by atoms with E-state index in [1.807, 2.05) is 30.3 Å². The van der Waals surface area contributed by atoms with Crippen LogP contribution in [0.15, 0.2) is 47.3 Å². The molecule has 1 aromatic heterocycles. The van der Waals surface area contributed by atoms with Gasteiger partial charge in [0.15, 0.2) is 11.9 Å². The molecule has 340 valence electrons. The molecule has 0 aliphatic carbocycles. The molecule has 3 N–H and O–H groups in total. The number of nitrogens with two attached hydrogens (primary N) is 1. The van der Waals surface area contributed by atoms with E-state index in [9.17, 15) is 32.3 Å². The molecule has 15 nitrogen and oxygen atoms in total. The molecule has 0 radical (unpaired) electrons. The number of nitrogens with one attached hydrogen (secondary N) is 1. The fourth-order valence-electron chi connectivity index (χ4n) is 8.42. The predicted octanol–water partition coefficient (Wildman–Crippen LogP) is 5.34. The highest BCUT2D eigenvalue weighted by Gasteiger charge is 2.37. The Morgan fingerprint density at radius 1 is 1.02 bits per heavy atom. The summed E-state index contributed by atoms with van der Waals surface area (Å²) in [5, 5.41) is 4.16. The molecule has 6 rings (SSSR count). The summed E-state index contributed by atoms with van der Waals surface area (Å²) in [7, 11) is 1.58. The van der Waals surface area contributed by atoms with Gasteiger partial charge >= 0.3 is 23.9 Å². The normalized spacial score (nSPS) is 18.3. The molecule has 62 heavy (non-hydrogen) atoms. The monoisotopic (exact) mass is 890 g/mol. The number of aromatic amines is 1. The maximum Gasteiger partial charge on any atom is 0.418 e. The van der Waals surface area contributed by atoms with Crippen LogP contribution in [0.25, 0.3) is 11.4 Å². The summed E-state index contributed by atoms with van der Waals surface area (Å²) < 4.78 is 59.8. The van der Waals surface area contributed by atoms with Crippen molar-refractivity contribution in [1.82, 2.24) is 34.4 Å². The van der Waals surface area contributed by atoms with Crippen molar-refractivity contribution >= 4 is 35.3 Å². The molecule has 3 aliphatic heterocycles. The number of nitrogens with zero attached hydrogens (tertiary/aromatic N) is 6. The highest BCUT2D eigenvalue weighted by molar-refractivity contribution is 6.33. The third-order valence-corrected chi connectivity index (χ3v) is 12.6. The topological polar surface area (TPSA) is 169 Å². The van der Waals surface area contributed by atoms with Gasteiger partial charge in [0.05, 0.1) is 48.7 Å². The first-order valence-corrected chi connectivity index (χ1v) is 21.8. The number of likely N-dealkylation sites (N-methyl/N-ethyl adjacent to an activating group) is 1. The van der Waals surface area contributed by atoms with Gasteiger partial charge in [0, 0.05) is 58.3 Å². The Morgan fingerprint density at radius 3 is 2.39 bits per heavy atom. The maximum atomic E-state index is 14.0. The lowest BCUT2D eigenvalue weighted by atomic mass is 9.83. The van der Waals surface area contributed by atoms with Gasteiger partial charge in [0.1, 0.15) is 0 Å². The first-order valence-electron chi connectivity index (χ1n) is 21.4. The largest absolute Gasteiger partial charge is 0.465 e. The van der Waals surface area contributed by atoms with E-state index < -0.39 is 35.5 Å². The van der Waals surface area contributed by atoms with Gasteiger partial charge in [0.2, 0.25) is 0 Å². The number of carbonyl (C=O) groups excluding carboxylic acids is 3. The lowest BCUT2D eigenvalue weighted by Gasteiger charge is -2.35. The van der Waals surface area contributed by atoms with E-state index in [1.54, 1.807) is 7.05 Å². The van der Waals surface area contributed by atoms with Crippen molar-refractivity contribution in [3.8, 4) is 11.4 Å². The maximum absolute atomic E-state index is 14.0. The SMILES string of the molecule is CC(CCN(C)C(=O)[C@@H](Cc1cc(Cl)c(N)c(C(F)(F)F)c1)OC(=O)N1CCC(n2nc(-c3ccccc3)[nH]c2=O)CC1)C1CCN(CC(=O)OCCCN2CCOCC2)CC1. The minimum atomic E-state index is -4.81. The summed E-state index contributed by atoms with van der Waals surface area (Å²) in [6, 6.07) is 11.0. The third kappa shape index (κ3) is 12.7. The molecule has 0 saturated carbocycles. The molecule has 3 fully saturated rings. The van der Waals surface area contributed by atoms with Crippen LogP contribution in [0, 0.1) is 11.8 Å². The second-order valence-corrected chi connectivity index (χ2v) is 17.0. The number of halogens is 4. The zero-order chi connectivity index (χ0) is 44.4. The minimum absolute atomic E-state index is 0.0268. The summed E-state index contributed by atoms with van der Waals surface area (Å²) >= 11 is 6.13. The Balaban J connectivity index is 1.01. The summed E-state index contributed by atoms with van der Waals surface area (Å²) in [6.07, 6.45) is -3.51. The molecule has 3 aromatic rings. The number of anilines is 1. The number of morpholine rings is 1. The first kappa shape index (κ1) is 46.8. The van der Waals surface area contributed by atoms with E-state index in [1.165, 1.54) is 20.5 Å². The Hall–Kier alpha value is -4.65. The quantitative estimate of drug-likeness (QED) is 0.108. The van der Waals surface area contributed by atoms with Gasteiger partial charge in [0.25, 0.3) is 5.91 Å². The van der Waals surface area contributed by atoms with Crippen molar-refractivity contribution in [2.75, 3.05) is 91.5 Å². The van der Waals surface area contributed by atoms with E-state index in [2.05, 4.69) is 26.8 Å². The number of rotatable bonds is 16. The van der Waals surface area contributed by atoms with Crippen molar-refractivity contribution < 1.29 is 41.8 Å². The van der Waals surface area contributed by atoms with Crippen LogP contribution < -0.4 is 11.4 Å². The number of benzene rings is 2. The zero-order valence-electron chi connectivity index (χ0n) is 35.4. The van der Waals surface area contributed by atoms with Crippen molar-refractivity contribution in [1.29, 1.82) is 0 Å². The zero-order valence-corrected chi connectivity index (χ0v) is 36.2. The number of hydrogen-bond acceptors (Lipinski definition) is 11. The van der Waals surface area contributed by atoms with Gasteiger partial charge < -0.3 is 29.7 Å². The molecule has 3 saturated heterocycles. The number of ether oxygens (including phenoxy) is 3. The average molecular weight is 891 g/mol. The molecule has 2 aromatic carbocycles. The third-order valence-electron chi connectivity index (χ3n) is 12.3. The van der Waals surface area contributed by atoms with Gasteiger partial charge in [-0.15, -0.1) is 5.10 Å². The number of aromatic nitrogens is 3. The molecular weight excluding hydrogens is 833 g/mol. The van der Waals surface area contributed by atoms with Crippen LogP contribution in [-0.4, -0.2) is 144 Å². The molecule has 0 spiro atoms. The predicted molar refractivity (Wildman–Crippen MR) is 226 cm³/mol. The van der Waals surface area contributed by atoms with Gasteiger partial charge in [-0.25, -0.2) is 14.3 Å². The van der Waals surface area contributed by atoms with Gasteiger partial charge in [-0.05, 0) is 81.1 Å². The van der Waals surface area contributed by atoms with Crippen LogP contribution in [0.3, 0.4) is 0 Å². The van der Waals surface area contributed by atoms with E-state index in [4.69, 9.17) is 31.5 Å². The molecule has 4 heterocycles. The van der Waals surface area contributed by atoms with E-state index in [-0.39, 0.29) is 60.3 Å². The summed E-state index contributed by atoms with van der Waals surface area (Å²) in [5.74, 6) is 0.211. The lowest BCUT2D eigenvalue weighted by molar-refractivity contribution is -0.145. The summed E-state index contributed by atoms with van der Waals surface area (Å²) in [4.78, 5) is 63.1. The van der Waals surface area contributed by atoms with Crippen LogP contribution in [0.1, 0.15) is 62.6 Å². The minimum Gasteiger partial charge on any atom is -0.465 e. The molecule has 2 amide bonds. The number of likely N-dealkylation sites (tertiary alicyclic amines) is 2. The Bertz CT molecular complexity index is 2010. The number of alkyl halides is 3. The Morgan fingerprint density at radius 2 is 1.71 bits per heavy atom. The van der Waals surface area contributed by atoms with Crippen LogP contribution in [-0.2, 0) is 36.4 Å². The van der Waals surface area contributed by atoms with E-state index in [0.717, 1.165) is 76.8 Å². The van der Waals surface area contributed by atoms with Gasteiger partial charge in [-0.2, -0.15) is 13.2 Å². The smallest absolute Gasteiger partial charge is 0.418 e. The molecule has 19 heteroatoms. The standard InChI is InChI=1S/C43H58ClF3N8O7/c1-29(31-10-16-53(17-11-31)28-37(56)61-22-6-14-52-20-23-60-24-21-52)9-15-51(2)40(57)36(27-30-25-34(43(45,46)47)38(48)35(44)26-30)62-42(59)54-18-12-33(13-19-54)55-41(58)49-39(50-55)32-7-4-3-5-8-32/h3-5,7-8,25-26,29,31,33,36H,6,9-24,27-28,48H2,1-2H3,(H,49,50,58)/t29?,36-/m1/s1. The molecule has 3 aliphatic rings. The van der Waals surface area contributed by atoms with Crippen molar-refractivity contribution in [3.05, 3.63) is 69.1 Å². The molecule has 2 atom stereocenters. The van der Waals surface area contributed by atoms with Crippen LogP contribution >= 0.6 is 11.6 Å². The number of amides is 2. The Labute approximate surface area is 364 Å². The molecular formula is C43H58ClF3N8O7. The number of piperidine rings is 2. The highest BCUT2D eigenvalue weighted by Crippen LogP contribution is 2.38. The second-order valence-electron chi connectivity index (χ2n) is 16.6. The van der Waals surface area contributed by atoms with Crippen LogP contribution in [0.2, 0.25) is 5.02 Å². The summed E-state index contributed by atoms with van der Waals surface area (Å²) in [6.45, 7) is 9.11. The lowest BCUT2D eigenvalue weighted by Crippen LogP contribution is -2.46. The van der Waals surface area contributed by atoms with Crippen molar-refractivity contribution in [2.24, 2.45) is 11.8 Å².